The first-order chi connectivity index (χ1) is 9.89. The van der Waals surface area contributed by atoms with Crippen molar-refractivity contribution in [1.29, 1.82) is 0 Å². The van der Waals surface area contributed by atoms with Crippen LogP contribution in [0.1, 0.15) is 48.9 Å². The Hall–Kier alpha value is -1.95. The molecule has 0 saturated heterocycles. The molecular weight excluding hydrogens is 275 g/mol. The fourth-order valence-electron chi connectivity index (χ4n) is 2.75. The van der Waals surface area contributed by atoms with Crippen LogP contribution >= 0.6 is 0 Å². The summed E-state index contributed by atoms with van der Waals surface area (Å²) in [5, 5.41) is 11.5. The average Bonchev–Trinajstić information content (AvgIpc) is 2.38. The lowest BCUT2D eigenvalue weighted by molar-refractivity contribution is -0.117. The normalized spacial score (nSPS) is 17.2. The first-order valence-electron chi connectivity index (χ1n) is 7.01. The van der Waals surface area contributed by atoms with Crippen LogP contribution in [0.3, 0.4) is 0 Å². The lowest BCUT2D eigenvalue weighted by atomic mass is 9.80. The van der Waals surface area contributed by atoms with Crippen molar-refractivity contribution in [1.82, 2.24) is 0 Å². The van der Waals surface area contributed by atoms with Gasteiger partial charge >= 0.3 is 5.97 Å². The van der Waals surface area contributed by atoms with Gasteiger partial charge < -0.3 is 16.2 Å². The molecule has 114 valence electrons. The first kappa shape index (κ1) is 15.4. The SMILES string of the molecule is NC1(CC(=O)Nc2cc(F)ccc2C(=O)O)CCCCC1. The second-order valence-corrected chi connectivity index (χ2v) is 5.64. The summed E-state index contributed by atoms with van der Waals surface area (Å²) >= 11 is 0. The second kappa shape index (κ2) is 6.22. The maximum Gasteiger partial charge on any atom is 0.337 e. The molecule has 6 heteroatoms. The van der Waals surface area contributed by atoms with E-state index < -0.39 is 17.3 Å². The Bertz CT molecular complexity index is 554. The Kier molecular flexibility index (Phi) is 4.57. The molecule has 0 bridgehead atoms. The Labute approximate surface area is 122 Å². The highest BCUT2D eigenvalue weighted by Crippen LogP contribution is 2.29. The van der Waals surface area contributed by atoms with Crippen LogP contribution in [0.2, 0.25) is 0 Å². The number of aromatic carboxylic acids is 1. The van der Waals surface area contributed by atoms with Gasteiger partial charge in [-0.15, -0.1) is 0 Å². The molecule has 1 aliphatic carbocycles. The van der Waals surface area contributed by atoms with Crippen molar-refractivity contribution in [3.63, 3.8) is 0 Å². The van der Waals surface area contributed by atoms with Gasteiger partial charge in [-0.25, -0.2) is 9.18 Å². The van der Waals surface area contributed by atoms with Gasteiger partial charge in [0, 0.05) is 12.0 Å². The zero-order chi connectivity index (χ0) is 15.5. The highest BCUT2D eigenvalue weighted by molar-refractivity contribution is 6.00. The number of hydrogen-bond acceptors (Lipinski definition) is 3. The van der Waals surface area contributed by atoms with Gasteiger partial charge in [0.25, 0.3) is 0 Å². The fraction of sp³-hybridized carbons (Fsp3) is 0.467. The molecule has 1 saturated carbocycles. The predicted octanol–water partition coefficient (Wildman–Crippen LogP) is 2.51. The summed E-state index contributed by atoms with van der Waals surface area (Å²) in [4.78, 5) is 23.1. The molecule has 1 aliphatic rings. The van der Waals surface area contributed by atoms with E-state index in [1.165, 1.54) is 0 Å². The summed E-state index contributed by atoms with van der Waals surface area (Å²) in [6.45, 7) is 0. The third-order valence-corrected chi connectivity index (χ3v) is 3.85. The number of nitrogens with two attached hydrogens (primary N) is 1. The molecule has 1 amide bonds. The van der Waals surface area contributed by atoms with Crippen LogP contribution in [0, 0.1) is 5.82 Å². The minimum Gasteiger partial charge on any atom is -0.478 e. The monoisotopic (exact) mass is 294 g/mol. The quantitative estimate of drug-likeness (QED) is 0.795. The second-order valence-electron chi connectivity index (χ2n) is 5.64. The van der Waals surface area contributed by atoms with Gasteiger partial charge in [0.15, 0.2) is 0 Å². The third kappa shape index (κ3) is 4.01. The van der Waals surface area contributed by atoms with Gasteiger partial charge in [0.2, 0.25) is 5.91 Å². The van der Waals surface area contributed by atoms with Crippen LogP contribution in [0.15, 0.2) is 18.2 Å². The maximum absolute atomic E-state index is 13.2. The van der Waals surface area contributed by atoms with E-state index in [9.17, 15) is 14.0 Å². The Morgan fingerprint density at radius 3 is 2.57 bits per heavy atom. The molecular formula is C15H19FN2O3. The zero-order valence-corrected chi connectivity index (χ0v) is 11.7. The van der Waals surface area contributed by atoms with E-state index in [1.807, 2.05) is 0 Å². The molecule has 5 nitrogen and oxygen atoms in total. The van der Waals surface area contributed by atoms with E-state index >= 15 is 0 Å². The van der Waals surface area contributed by atoms with Gasteiger partial charge in [0.1, 0.15) is 5.82 Å². The number of carbonyl (C=O) groups excluding carboxylic acids is 1. The Morgan fingerprint density at radius 1 is 1.29 bits per heavy atom. The Morgan fingerprint density at radius 2 is 1.95 bits per heavy atom. The number of anilines is 1. The number of rotatable bonds is 4. The average molecular weight is 294 g/mol. The molecule has 0 atom stereocenters. The van der Waals surface area contributed by atoms with Crippen molar-refractivity contribution in [2.24, 2.45) is 5.73 Å². The van der Waals surface area contributed by atoms with Crippen LogP contribution in [-0.2, 0) is 4.79 Å². The summed E-state index contributed by atoms with van der Waals surface area (Å²) in [7, 11) is 0. The molecule has 4 N–H and O–H groups in total. The lowest BCUT2D eigenvalue weighted by Crippen LogP contribution is -2.44. The van der Waals surface area contributed by atoms with Gasteiger partial charge in [-0.05, 0) is 31.0 Å². The zero-order valence-electron chi connectivity index (χ0n) is 11.7. The number of nitrogens with one attached hydrogen (secondary N) is 1. The molecule has 2 rings (SSSR count). The molecule has 0 aromatic heterocycles. The van der Waals surface area contributed by atoms with Crippen LogP contribution < -0.4 is 11.1 Å². The van der Waals surface area contributed by atoms with Crippen molar-refractivity contribution in [2.45, 2.75) is 44.1 Å². The van der Waals surface area contributed by atoms with Gasteiger partial charge in [-0.2, -0.15) is 0 Å². The minimum absolute atomic E-state index is 0.0353. The van der Waals surface area contributed by atoms with Crippen molar-refractivity contribution in [2.75, 3.05) is 5.32 Å². The van der Waals surface area contributed by atoms with E-state index in [2.05, 4.69) is 5.32 Å². The molecule has 1 aromatic rings. The number of carbonyl (C=O) groups is 2. The summed E-state index contributed by atoms with van der Waals surface area (Å²) in [5.41, 5.74) is 5.47. The van der Waals surface area contributed by atoms with Crippen LogP contribution in [-0.4, -0.2) is 22.5 Å². The van der Waals surface area contributed by atoms with Gasteiger partial charge in [0.05, 0.1) is 11.3 Å². The van der Waals surface area contributed by atoms with Crippen molar-refractivity contribution >= 4 is 17.6 Å². The van der Waals surface area contributed by atoms with E-state index in [4.69, 9.17) is 10.8 Å². The topological polar surface area (TPSA) is 92.4 Å². The van der Waals surface area contributed by atoms with Crippen molar-refractivity contribution in [3.8, 4) is 0 Å². The van der Waals surface area contributed by atoms with E-state index in [-0.39, 0.29) is 23.6 Å². The number of halogens is 1. The number of hydrogen-bond donors (Lipinski definition) is 3. The molecule has 0 unspecified atom stereocenters. The Balaban J connectivity index is 2.09. The summed E-state index contributed by atoms with van der Waals surface area (Å²) in [6, 6.07) is 3.18. The standard InChI is InChI=1S/C15H19FN2O3/c16-10-4-5-11(14(20)21)12(8-10)18-13(19)9-15(17)6-2-1-3-7-15/h4-5,8H,1-3,6-7,9,17H2,(H,18,19)(H,20,21). The molecule has 0 heterocycles. The minimum atomic E-state index is -1.22. The largest absolute Gasteiger partial charge is 0.478 e. The number of benzene rings is 1. The van der Waals surface area contributed by atoms with Crippen LogP contribution in [0.5, 0.6) is 0 Å². The number of carboxylic acid groups (broad SMARTS) is 1. The molecule has 21 heavy (non-hydrogen) atoms. The van der Waals surface area contributed by atoms with Crippen LogP contribution in [0.25, 0.3) is 0 Å². The first-order valence-corrected chi connectivity index (χ1v) is 7.01. The highest BCUT2D eigenvalue weighted by Gasteiger charge is 2.30. The van der Waals surface area contributed by atoms with E-state index in [0.29, 0.717) is 0 Å². The number of amides is 1. The third-order valence-electron chi connectivity index (χ3n) is 3.85. The van der Waals surface area contributed by atoms with Crippen molar-refractivity contribution < 1.29 is 19.1 Å². The van der Waals surface area contributed by atoms with Gasteiger partial charge in [-0.1, -0.05) is 19.3 Å². The molecule has 1 aromatic carbocycles. The summed E-state index contributed by atoms with van der Waals surface area (Å²) in [6.07, 6.45) is 4.76. The fourth-order valence-corrected chi connectivity index (χ4v) is 2.75. The highest BCUT2D eigenvalue weighted by atomic mass is 19.1. The molecule has 0 aliphatic heterocycles. The predicted molar refractivity (Wildman–Crippen MR) is 76.6 cm³/mol. The lowest BCUT2D eigenvalue weighted by Gasteiger charge is -2.32. The van der Waals surface area contributed by atoms with Crippen molar-refractivity contribution in [3.05, 3.63) is 29.6 Å². The van der Waals surface area contributed by atoms with E-state index in [0.717, 1.165) is 50.3 Å². The number of carboxylic acids is 1. The molecule has 0 spiro atoms. The van der Waals surface area contributed by atoms with Crippen LogP contribution in [0.4, 0.5) is 10.1 Å². The summed E-state index contributed by atoms with van der Waals surface area (Å²) < 4.78 is 13.2. The smallest absolute Gasteiger partial charge is 0.337 e. The maximum atomic E-state index is 13.2. The van der Waals surface area contributed by atoms with E-state index in [1.54, 1.807) is 0 Å². The molecule has 1 fully saturated rings. The molecule has 0 radical (unpaired) electrons. The van der Waals surface area contributed by atoms with Gasteiger partial charge in [-0.3, -0.25) is 4.79 Å². The summed E-state index contributed by atoms with van der Waals surface area (Å²) in [5.74, 6) is -2.20.